The van der Waals surface area contributed by atoms with Crippen LogP contribution >= 0.6 is 0 Å². The molecule has 0 amide bonds. The first-order chi connectivity index (χ1) is 12.7. The van der Waals surface area contributed by atoms with Gasteiger partial charge in [-0.1, -0.05) is 0 Å². The Bertz CT molecular complexity index is 838. The molecule has 0 radical (unpaired) electrons. The molecule has 6 heteroatoms. The van der Waals surface area contributed by atoms with E-state index >= 15 is 0 Å². The SMILES string of the molecule is O=c1cc2c(nn1CC1CCN(Cc3cc4n(n3)CCC4)CC1)CCC2. The Kier molecular flexibility index (Phi) is 4.15. The van der Waals surface area contributed by atoms with Crippen LogP contribution in [0, 0.1) is 5.92 Å². The Hall–Kier alpha value is -1.95. The molecule has 0 bridgehead atoms. The van der Waals surface area contributed by atoms with Crippen molar-refractivity contribution in [2.45, 2.75) is 64.6 Å². The fourth-order valence-corrected chi connectivity index (χ4v) is 4.77. The Morgan fingerprint density at radius 3 is 2.73 bits per heavy atom. The van der Waals surface area contributed by atoms with Gasteiger partial charge in [0.15, 0.2) is 0 Å². The minimum atomic E-state index is 0.0839. The molecule has 26 heavy (non-hydrogen) atoms. The van der Waals surface area contributed by atoms with Gasteiger partial charge in [0.05, 0.1) is 11.4 Å². The number of nitrogens with zero attached hydrogens (tertiary/aromatic N) is 5. The predicted molar refractivity (Wildman–Crippen MR) is 99.1 cm³/mol. The van der Waals surface area contributed by atoms with E-state index in [2.05, 4.69) is 20.7 Å². The van der Waals surface area contributed by atoms with Gasteiger partial charge in [-0.2, -0.15) is 10.2 Å². The average Bonchev–Trinajstić information content (AvgIpc) is 3.33. The molecule has 2 aromatic heterocycles. The van der Waals surface area contributed by atoms with E-state index in [1.807, 2.05) is 6.07 Å². The van der Waals surface area contributed by atoms with Gasteiger partial charge in [0.25, 0.3) is 5.56 Å². The summed E-state index contributed by atoms with van der Waals surface area (Å²) in [6.45, 7) is 5.00. The molecule has 4 heterocycles. The molecule has 2 aromatic rings. The summed E-state index contributed by atoms with van der Waals surface area (Å²) >= 11 is 0. The first-order valence-corrected chi connectivity index (χ1v) is 10.1. The number of aryl methyl sites for hydroxylation is 4. The van der Waals surface area contributed by atoms with Gasteiger partial charge >= 0.3 is 0 Å². The van der Waals surface area contributed by atoms with Crippen LogP contribution in [0.1, 0.15) is 48.3 Å². The van der Waals surface area contributed by atoms with Gasteiger partial charge in [-0.3, -0.25) is 14.4 Å². The predicted octanol–water partition coefficient (Wildman–Crippen LogP) is 1.79. The average molecular weight is 353 g/mol. The lowest BCUT2D eigenvalue weighted by Gasteiger charge is -2.31. The van der Waals surface area contributed by atoms with Crippen LogP contribution in [0.25, 0.3) is 0 Å². The number of hydrogen-bond donors (Lipinski definition) is 0. The molecular formula is C20H27N5O. The number of aromatic nitrogens is 4. The first kappa shape index (κ1) is 16.2. The van der Waals surface area contributed by atoms with Crippen molar-refractivity contribution < 1.29 is 0 Å². The highest BCUT2D eigenvalue weighted by Gasteiger charge is 2.23. The summed E-state index contributed by atoms with van der Waals surface area (Å²) in [4.78, 5) is 14.8. The lowest BCUT2D eigenvalue weighted by Crippen LogP contribution is -2.36. The van der Waals surface area contributed by atoms with Crippen LogP contribution in [0.15, 0.2) is 16.9 Å². The molecule has 0 aromatic carbocycles. The minimum Gasteiger partial charge on any atom is -0.297 e. The van der Waals surface area contributed by atoms with Crippen LogP contribution in [-0.2, 0) is 38.9 Å². The molecule has 2 aliphatic heterocycles. The number of piperidine rings is 1. The fraction of sp³-hybridized carbons (Fsp3) is 0.650. The molecule has 0 atom stereocenters. The van der Waals surface area contributed by atoms with Crippen LogP contribution < -0.4 is 5.56 Å². The zero-order chi connectivity index (χ0) is 17.5. The fourth-order valence-electron chi connectivity index (χ4n) is 4.77. The van der Waals surface area contributed by atoms with Crippen LogP contribution in [0.2, 0.25) is 0 Å². The number of hydrogen-bond acceptors (Lipinski definition) is 4. The molecule has 1 saturated heterocycles. The van der Waals surface area contributed by atoms with E-state index in [0.29, 0.717) is 5.92 Å². The van der Waals surface area contributed by atoms with Crippen molar-refractivity contribution >= 4 is 0 Å². The van der Waals surface area contributed by atoms with Crippen molar-refractivity contribution in [3.05, 3.63) is 45.1 Å². The quantitative estimate of drug-likeness (QED) is 0.841. The second-order valence-corrected chi connectivity index (χ2v) is 8.16. The highest BCUT2D eigenvalue weighted by molar-refractivity contribution is 5.22. The number of fused-ring (bicyclic) bond motifs is 2. The van der Waals surface area contributed by atoms with E-state index in [4.69, 9.17) is 5.10 Å². The van der Waals surface area contributed by atoms with Crippen LogP contribution in [0.4, 0.5) is 0 Å². The molecule has 0 saturated carbocycles. The molecule has 3 aliphatic rings. The van der Waals surface area contributed by atoms with Crippen molar-refractivity contribution in [2.24, 2.45) is 5.92 Å². The Labute approximate surface area is 153 Å². The monoisotopic (exact) mass is 353 g/mol. The van der Waals surface area contributed by atoms with Gasteiger partial charge in [-0.25, -0.2) is 4.68 Å². The topological polar surface area (TPSA) is 56.0 Å². The molecule has 0 spiro atoms. The summed E-state index contributed by atoms with van der Waals surface area (Å²) in [7, 11) is 0. The third-order valence-corrected chi connectivity index (χ3v) is 6.26. The van der Waals surface area contributed by atoms with Crippen LogP contribution in [0.5, 0.6) is 0 Å². The summed E-state index contributed by atoms with van der Waals surface area (Å²) in [5, 5.41) is 9.38. The van der Waals surface area contributed by atoms with E-state index in [-0.39, 0.29) is 5.56 Å². The van der Waals surface area contributed by atoms with E-state index < -0.39 is 0 Å². The molecule has 5 rings (SSSR count). The zero-order valence-electron chi connectivity index (χ0n) is 15.4. The second kappa shape index (κ2) is 6.65. The summed E-state index contributed by atoms with van der Waals surface area (Å²) in [5.74, 6) is 0.558. The smallest absolute Gasteiger partial charge is 0.267 e. The summed E-state index contributed by atoms with van der Waals surface area (Å²) in [5.41, 5.74) is 5.02. The maximum atomic E-state index is 12.3. The number of rotatable bonds is 4. The first-order valence-electron chi connectivity index (χ1n) is 10.1. The van der Waals surface area contributed by atoms with E-state index in [1.165, 1.54) is 29.8 Å². The minimum absolute atomic E-state index is 0.0839. The Morgan fingerprint density at radius 2 is 1.88 bits per heavy atom. The van der Waals surface area contributed by atoms with Gasteiger partial charge in [0, 0.05) is 31.4 Å². The molecule has 1 aliphatic carbocycles. The molecule has 0 N–H and O–H groups in total. The normalized spacial score (nSPS) is 20.5. The molecule has 0 unspecified atom stereocenters. The van der Waals surface area contributed by atoms with Gasteiger partial charge in [0.2, 0.25) is 0 Å². The zero-order valence-corrected chi connectivity index (χ0v) is 15.4. The third-order valence-electron chi connectivity index (χ3n) is 6.26. The van der Waals surface area contributed by atoms with Crippen molar-refractivity contribution in [3.8, 4) is 0 Å². The van der Waals surface area contributed by atoms with Crippen molar-refractivity contribution in [2.75, 3.05) is 13.1 Å². The van der Waals surface area contributed by atoms with E-state index in [1.54, 1.807) is 4.68 Å². The van der Waals surface area contributed by atoms with Crippen LogP contribution in [0.3, 0.4) is 0 Å². The molecule has 1 fully saturated rings. The number of likely N-dealkylation sites (tertiary alicyclic amines) is 1. The van der Waals surface area contributed by atoms with E-state index in [0.717, 1.165) is 70.5 Å². The maximum Gasteiger partial charge on any atom is 0.267 e. The van der Waals surface area contributed by atoms with Gasteiger partial charge in [-0.05, 0) is 75.6 Å². The summed E-state index contributed by atoms with van der Waals surface area (Å²) < 4.78 is 3.90. The Morgan fingerprint density at radius 1 is 1.00 bits per heavy atom. The largest absolute Gasteiger partial charge is 0.297 e. The second-order valence-electron chi connectivity index (χ2n) is 8.16. The maximum absolute atomic E-state index is 12.3. The highest BCUT2D eigenvalue weighted by Crippen LogP contribution is 2.22. The van der Waals surface area contributed by atoms with Crippen LogP contribution in [-0.4, -0.2) is 37.6 Å². The lowest BCUT2D eigenvalue weighted by molar-refractivity contribution is 0.161. The summed E-state index contributed by atoms with van der Waals surface area (Å²) in [6, 6.07) is 4.11. The standard InChI is InChI=1S/C20H27N5O/c26-20-11-16-3-1-5-19(16)22-25(20)13-15-6-9-23(10-7-15)14-17-12-18-4-2-8-24(18)21-17/h11-12,15H,1-10,13-14H2. The molecular weight excluding hydrogens is 326 g/mol. The molecule has 138 valence electrons. The summed E-state index contributed by atoms with van der Waals surface area (Å²) in [6.07, 6.45) is 7.89. The van der Waals surface area contributed by atoms with Gasteiger partial charge < -0.3 is 0 Å². The van der Waals surface area contributed by atoms with Crippen molar-refractivity contribution in [3.63, 3.8) is 0 Å². The van der Waals surface area contributed by atoms with Gasteiger partial charge in [-0.15, -0.1) is 0 Å². The Balaban J connectivity index is 1.18. The lowest BCUT2D eigenvalue weighted by atomic mass is 9.96. The van der Waals surface area contributed by atoms with Crippen molar-refractivity contribution in [1.29, 1.82) is 0 Å². The van der Waals surface area contributed by atoms with Crippen molar-refractivity contribution in [1.82, 2.24) is 24.5 Å². The molecule has 6 nitrogen and oxygen atoms in total. The van der Waals surface area contributed by atoms with E-state index in [9.17, 15) is 4.79 Å². The highest BCUT2D eigenvalue weighted by atomic mass is 16.1. The third kappa shape index (κ3) is 3.11. The van der Waals surface area contributed by atoms with Gasteiger partial charge in [0.1, 0.15) is 0 Å².